The third kappa shape index (κ3) is 6.69. The average molecular weight is 867 g/mol. The second-order valence-electron chi connectivity index (χ2n) is 17.4. The standard InChI is InChI=1S/C64H42N4/c1-5-19-43(20-6-1)45-35-37-53-55(41-45)61(47-23-17-25-49(39-47)63-65-57-31-13-15-33-59(57)67(63)51-27-9-3-10-28-51)54-38-36-46(44-21-7-2-8-22-44)42-56(54)62(53)48-24-18-26-50(40-48)64-66-58-32-14-16-34-60(58)68(64)52-29-11-4-12-30-52/h1-42H. The molecule has 13 aromatic rings. The summed E-state index contributed by atoms with van der Waals surface area (Å²) < 4.78 is 4.57. The van der Waals surface area contributed by atoms with Crippen LogP contribution < -0.4 is 0 Å². The molecule has 2 aromatic heterocycles. The predicted molar refractivity (Wildman–Crippen MR) is 283 cm³/mol. The Morgan fingerprint density at radius 3 is 1.01 bits per heavy atom. The van der Waals surface area contributed by atoms with Gasteiger partial charge in [-0.1, -0.05) is 182 Å². The molecule has 0 amide bonds. The van der Waals surface area contributed by atoms with E-state index in [4.69, 9.17) is 9.97 Å². The van der Waals surface area contributed by atoms with Crippen LogP contribution in [0.4, 0.5) is 0 Å². The van der Waals surface area contributed by atoms with Crippen LogP contribution in [0.2, 0.25) is 0 Å². The van der Waals surface area contributed by atoms with Gasteiger partial charge in [-0.2, -0.15) is 0 Å². The van der Waals surface area contributed by atoms with Crippen LogP contribution >= 0.6 is 0 Å². The lowest BCUT2D eigenvalue weighted by Crippen LogP contribution is -1.98. The molecule has 0 aliphatic heterocycles. The van der Waals surface area contributed by atoms with Crippen molar-refractivity contribution in [2.45, 2.75) is 0 Å². The van der Waals surface area contributed by atoms with E-state index in [9.17, 15) is 0 Å². The molecular weight excluding hydrogens is 825 g/mol. The normalized spacial score (nSPS) is 11.5. The maximum absolute atomic E-state index is 5.30. The van der Waals surface area contributed by atoms with Gasteiger partial charge in [-0.25, -0.2) is 9.97 Å². The van der Waals surface area contributed by atoms with Crippen molar-refractivity contribution >= 4 is 43.6 Å². The van der Waals surface area contributed by atoms with Crippen LogP contribution in [0.15, 0.2) is 255 Å². The molecule has 0 saturated heterocycles. The van der Waals surface area contributed by atoms with Crippen molar-refractivity contribution in [1.29, 1.82) is 0 Å². The number of fused-ring (bicyclic) bond motifs is 4. The molecule has 318 valence electrons. The van der Waals surface area contributed by atoms with Crippen molar-refractivity contribution in [3.05, 3.63) is 255 Å². The smallest absolute Gasteiger partial charge is 0.145 e. The molecule has 0 saturated carbocycles. The van der Waals surface area contributed by atoms with Crippen molar-refractivity contribution in [3.63, 3.8) is 0 Å². The first-order valence-corrected chi connectivity index (χ1v) is 23.2. The summed E-state index contributed by atoms with van der Waals surface area (Å²) in [5.74, 6) is 1.80. The molecule has 0 N–H and O–H groups in total. The zero-order chi connectivity index (χ0) is 45.0. The molecule has 68 heavy (non-hydrogen) atoms. The molecule has 0 fully saturated rings. The summed E-state index contributed by atoms with van der Waals surface area (Å²) in [6, 6.07) is 91.4. The van der Waals surface area contributed by atoms with Gasteiger partial charge in [0, 0.05) is 22.5 Å². The van der Waals surface area contributed by atoms with E-state index in [-0.39, 0.29) is 0 Å². The lowest BCUT2D eigenvalue weighted by Gasteiger charge is -2.20. The Hall–Kier alpha value is -9.12. The van der Waals surface area contributed by atoms with E-state index in [2.05, 4.69) is 264 Å². The van der Waals surface area contributed by atoms with Crippen LogP contribution in [0.3, 0.4) is 0 Å². The Morgan fingerprint density at radius 1 is 0.235 bits per heavy atom. The highest BCUT2D eigenvalue weighted by molar-refractivity contribution is 6.22. The highest BCUT2D eigenvalue weighted by atomic mass is 15.1. The Balaban J connectivity index is 1.10. The highest BCUT2D eigenvalue weighted by Crippen LogP contribution is 2.47. The topological polar surface area (TPSA) is 35.6 Å². The summed E-state index contributed by atoms with van der Waals surface area (Å²) in [6.45, 7) is 0. The minimum Gasteiger partial charge on any atom is -0.292 e. The maximum atomic E-state index is 5.30. The summed E-state index contributed by atoms with van der Waals surface area (Å²) in [6.07, 6.45) is 0. The molecule has 0 radical (unpaired) electrons. The van der Waals surface area contributed by atoms with Crippen molar-refractivity contribution < 1.29 is 0 Å². The number of hydrogen-bond acceptors (Lipinski definition) is 2. The number of rotatable bonds is 8. The zero-order valence-corrected chi connectivity index (χ0v) is 37.0. The summed E-state index contributed by atoms with van der Waals surface area (Å²) in [5.41, 5.74) is 17.6. The molecule has 0 spiro atoms. The van der Waals surface area contributed by atoms with Gasteiger partial charge in [0.05, 0.1) is 22.1 Å². The van der Waals surface area contributed by atoms with Gasteiger partial charge in [0.15, 0.2) is 0 Å². The number of nitrogens with zero attached hydrogens (tertiary/aromatic N) is 4. The lowest BCUT2D eigenvalue weighted by atomic mass is 9.83. The minimum absolute atomic E-state index is 0.902. The van der Waals surface area contributed by atoms with Crippen LogP contribution in [0.5, 0.6) is 0 Å². The number of aromatic nitrogens is 4. The average Bonchev–Trinajstić information content (AvgIpc) is 4.01. The van der Waals surface area contributed by atoms with Crippen molar-refractivity contribution in [2.24, 2.45) is 0 Å². The second kappa shape index (κ2) is 16.4. The molecule has 4 heteroatoms. The highest BCUT2D eigenvalue weighted by Gasteiger charge is 2.22. The fourth-order valence-corrected chi connectivity index (χ4v) is 10.2. The quantitative estimate of drug-likeness (QED) is 0.143. The number of para-hydroxylation sites is 6. The first-order chi connectivity index (χ1) is 33.7. The molecule has 0 aliphatic carbocycles. The van der Waals surface area contributed by atoms with E-state index < -0.39 is 0 Å². The molecular formula is C64H42N4. The van der Waals surface area contributed by atoms with Crippen molar-refractivity contribution in [1.82, 2.24) is 19.1 Å². The number of benzene rings is 11. The van der Waals surface area contributed by atoms with E-state index in [0.717, 1.165) is 78.5 Å². The van der Waals surface area contributed by atoms with Crippen LogP contribution in [0, 0.1) is 0 Å². The molecule has 13 rings (SSSR count). The summed E-state index contributed by atoms with van der Waals surface area (Å²) >= 11 is 0. The van der Waals surface area contributed by atoms with E-state index >= 15 is 0 Å². The summed E-state index contributed by atoms with van der Waals surface area (Å²) in [4.78, 5) is 10.6. The lowest BCUT2D eigenvalue weighted by molar-refractivity contribution is 1.10. The predicted octanol–water partition coefficient (Wildman–Crippen LogP) is 16.7. The van der Waals surface area contributed by atoms with Crippen molar-refractivity contribution in [2.75, 3.05) is 0 Å². The van der Waals surface area contributed by atoms with Gasteiger partial charge >= 0.3 is 0 Å². The van der Waals surface area contributed by atoms with Crippen LogP contribution in [0.25, 0.3) is 122 Å². The minimum atomic E-state index is 0.902. The molecule has 11 aromatic carbocycles. The van der Waals surface area contributed by atoms with Gasteiger partial charge in [0.1, 0.15) is 11.6 Å². The SMILES string of the molecule is c1ccc(-c2ccc3c(-c4cccc(-c5nc6ccccc6n5-c5ccccc5)c4)c4cc(-c5ccccc5)ccc4c(-c4cccc(-c5nc6ccccc6n5-c5ccccc5)c4)c3c2)cc1. The van der Waals surface area contributed by atoms with Gasteiger partial charge in [0.25, 0.3) is 0 Å². The van der Waals surface area contributed by atoms with Gasteiger partial charge in [-0.15, -0.1) is 0 Å². The Kier molecular flexibility index (Phi) is 9.47. The second-order valence-corrected chi connectivity index (χ2v) is 17.4. The van der Waals surface area contributed by atoms with Crippen LogP contribution in [0.1, 0.15) is 0 Å². The molecule has 0 bridgehead atoms. The molecule has 2 heterocycles. The maximum Gasteiger partial charge on any atom is 0.145 e. The Bertz CT molecular complexity index is 3740. The molecule has 4 nitrogen and oxygen atoms in total. The van der Waals surface area contributed by atoms with Crippen LogP contribution in [-0.2, 0) is 0 Å². The molecule has 0 atom stereocenters. The summed E-state index contributed by atoms with van der Waals surface area (Å²) in [5, 5.41) is 4.70. The fraction of sp³-hybridized carbons (Fsp3) is 0. The number of imidazole rings is 2. The summed E-state index contributed by atoms with van der Waals surface area (Å²) in [7, 11) is 0. The third-order valence-corrected chi connectivity index (χ3v) is 13.3. The first kappa shape index (κ1) is 39.3. The Labute approximate surface area is 394 Å². The van der Waals surface area contributed by atoms with Gasteiger partial charge < -0.3 is 0 Å². The van der Waals surface area contributed by atoms with Crippen molar-refractivity contribution in [3.8, 4) is 78.7 Å². The van der Waals surface area contributed by atoms with E-state index in [1.165, 1.54) is 43.8 Å². The molecule has 0 aliphatic rings. The van der Waals surface area contributed by atoms with Crippen LogP contribution in [-0.4, -0.2) is 19.1 Å². The fourth-order valence-electron chi connectivity index (χ4n) is 10.2. The monoisotopic (exact) mass is 866 g/mol. The van der Waals surface area contributed by atoms with E-state index in [1.54, 1.807) is 0 Å². The van der Waals surface area contributed by atoms with Gasteiger partial charge in [0.2, 0.25) is 0 Å². The molecule has 0 unspecified atom stereocenters. The Morgan fingerprint density at radius 2 is 0.588 bits per heavy atom. The van der Waals surface area contributed by atoms with E-state index in [0.29, 0.717) is 0 Å². The van der Waals surface area contributed by atoms with Gasteiger partial charge in [-0.3, -0.25) is 9.13 Å². The first-order valence-electron chi connectivity index (χ1n) is 23.2. The van der Waals surface area contributed by atoms with Gasteiger partial charge in [-0.05, 0) is 139 Å². The number of hydrogen-bond donors (Lipinski definition) is 0. The van der Waals surface area contributed by atoms with E-state index in [1.807, 2.05) is 0 Å². The largest absolute Gasteiger partial charge is 0.292 e. The third-order valence-electron chi connectivity index (χ3n) is 13.3. The zero-order valence-electron chi connectivity index (χ0n) is 37.0.